The molecule has 1 aliphatic rings. The number of H-pyrrole nitrogens is 1. The monoisotopic (exact) mass is 353 g/mol. The molecule has 0 saturated heterocycles. The number of rotatable bonds is 3. The molecule has 1 aromatic heterocycles. The summed E-state index contributed by atoms with van der Waals surface area (Å²) < 4.78 is 13.9. The summed E-state index contributed by atoms with van der Waals surface area (Å²) in [6.07, 6.45) is 2.28. The van der Waals surface area contributed by atoms with E-state index in [0.717, 1.165) is 0 Å². The number of alkyl halides is 2. The number of dihydropyridines is 1. The first-order chi connectivity index (χ1) is 11.0. The fraction of sp³-hybridized carbons (Fsp3) is 0.250. The number of aromatic amines is 1. The summed E-state index contributed by atoms with van der Waals surface area (Å²) in [5.74, 6) is -0.659. The third-order valence-electron chi connectivity index (χ3n) is 3.53. The second-order valence-electron chi connectivity index (χ2n) is 5.26. The van der Waals surface area contributed by atoms with E-state index in [1.165, 1.54) is 6.07 Å². The molecule has 2 aromatic rings. The minimum Gasteiger partial charge on any atom is -0.353 e. The molecule has 23 heavy (non-hydrogen) atoms. The maximum absolute atomic E-state index is 13.9. The highest BCUT2D eigenvalue weighted by Crippen LogP contribution is 2.24. The van der Waals surface area contributed by atoms with Crippen molar-refractivity contribution in [1.82, 2.24) is 10.3 Å². The van der Waals surface area contributed by atoms with E-state index in [-0.39, 0.29) is 11.7 Å². The fourth-order valence-corrected chi connectivity index (χ4v) is 2.62. The normalized spacial score (nSPS) is 19.2. The summed E-state index contributed by atoms with van der Waals surface area (Å²) in [5.41, 5.74) is 1.80. The van der Waals surface area contributed by atoms with Crippen LogP contribution in [0.25, 0.3) is 10.9 Å². The number of fused-ring (bicyclic) bond motifs is 1. The van der Waals surface area contributed by atoms with Crippen molar-refractivity contribution in [2.24, 2.45) is 4.99 Å². The van der Waals surface area contributed by atoms with Crippen molar-refractivity contribution in [3.8, 4) is 0 Å². The minimum absolute atomic E-state index is 0.326. The van der Waals surface area contributed by atoms with Crippen molar-refractivity contribution in [3.05, 3.63) is 47.5 Å². The summed E-state index contributed by atoms with van der Waals surface area (Å²) in [6, 6.07) is 6.44. The number of allylic oxidation sites excluding steroid dienone is 1. The fourth-order valence-electron chi connectivity index (χ4n) is 2.38. The molecule has 1 aliphatic heterocycles. The molecule has 0 aliphatic carbocycles. The Hall–Kier alpha value is -1.85. The van der Waals surface area contributed by atoms with E-state index in [4.69, 9.17) is 23.2 Å². The van der Waals surface area contributed by atoms with Gasteiger partial charge in [-0.2, -0.15) is 0 Å². The first-order valence-corrected chi connectivity index (χ1v) is 7.98. The Kier molecular flexibility index (Phi) is 4.41. The van der Waals surface area contributed by atoms with Gasteiger partial charge in [-0.15, -0.1) is 11.6 Å². The number of nitrogens with zero attached hydrogens (tertiary/aromatic N) is 1. The molecule has 7 heteroatoms. The maximum atomic E-state index is 13.9. The lowest BCUT2D eigenvalue weighted by molar-refractivity contribution is -0.119. The molecule has 1 amide bonds. The van der Waals surface area contributed by atoms with Crippen molar-refractivity contribution >= 4 is 45.7 Å². The predicted molar refractivity (Wildman–Crippen MR) is 90.6 cm³/mol. The average Bonchev–Trinajstić information content (AvgIpc) is 2.94. The lowest BCUT2D eigenvalue weighted by Crippen LogP contribution is -2.34. The van der Waals surface area contributed by atoms with Crippen LogP contribution in [0.4, 0.5) is 4.39 Å². The van der Waals surface area contributed by atoms with Crippen LogP contribution >= 0.6 is 23.2 Å². The molecule has 2 atom stereocenters. The van der Waals surface area contributed by atoms with E-state index in [1.54, 1.807) is 31.2 Å². The highest BCUT2D eigenvalue weighted by atomic mass is 35.5. The van der Waals surface area contributed by atoms with Crippen LogP contribution in [0.5, 0.6) is 0 Å². The minimum atomic E-state index is -0.675. The van der Waals surface area contributed by atoms with Gasteiger partial charge in [0.25, 0.3) is 0 Å². The Morgan fingerprint density at radius 1 is 1.52 bits per heavy atom. The van der Waals surface area contributed by atoms with Crippen LogP contribution in [0.2, 0.25) is 0 Å². The lowest BCUT2D eigenvalue weighted by atomic mass is 10.1. The van der Waals surface area contributed by atoms with Crippen LogP contribution in [0.1, 0.15) is 19.0 Å². The molecule has 0 radical (unpaired) electrons. The summed E-state index contributed by atoms with van der Waals surface area (Å²) in [5, 5.41) is 2.52. The van der Waals surface area contributed by atoms with Crippen molar-refractivity contribution < 1.29 is 9.18 Å². The van der Waals surface area contributed by atoms with Gasteiger partial charge in [-0.25, -0.2) is 4.39 Å². The Bertz CT molecular complexity index is 826. The molecular weight excluding hydrogens is 340 g/mol. The van der Waals surface area contributed by atoms with Gasteiger partial charge in [0.1, 0.15) is 22.4 Å². The van der Waals surface area contributed by atoms with E-state index < -0.39 is 10.9 Å². The Morgan fingerprint density at radius 3 is 3.00 bits per heavy atom. The molecule has 2 N–H and O–H groups in total. The Balaban J connectivity index is 2.00. The topological polar surface area (TPSA) is 57.2 Å². The molecule has 0 bridgehead atoms. The van der Waals surface area contributed by atoms with Crippen molar-refractivity contribution in [3.63, 3.8) is 0 Å². The highest BCUT2D eigenvalue weighted by Gasteiger charge is 2.22. The van der Waals surface area contributed by atoms with E-state index >= 15 is 0 Å². The lowest BCUT2D eigenvalue weighted by Gasteiger charge is -2.18. The molecule has 0 spiro atoms. The summed E-state index contributed by atoms with van der Waals surface area (Å²) in [6.45, 7) is 1.58. The summed E-state index contributed by atoms with van der Waals surface area (Å²) >= 11 is 11.9. The zero-order chi connectivity index (χ0) is 16.6. The number of nitrogens with one attached hydrogen (secondary N) is 2. The van der Waals surface area contributed by atoms with Crippen molar-refractivity contribution in [1.29, 1.82) is 0 Å². The van der Waals surface area contributed by atoms with Crippen LogP contribution in [-0.2, 0) is 4.79 Å². The highest BCUT2D eigenvalue weighted by molar-refractivity contribution is 6.31. The van der Waals surface area contributed by atoms with Crippen LogP contribution in [0.15, 0.2) is 41.0 Å². The number of aliphatic imine (C=N–C) groups is 1. The number of carbonyl (C=O) groups excluding carboxylic acids is 1. The first kappa shape index (κ1) is 16.0. The van der Waals surface area contributed by atoms with Gasteiger partial charge in [0.15, 0.2) is 0 Å². The zero-order valence-electron chi connectivity index (χ0n) is 12.2. The predicted octanol–water partition coefficient (Wildman–Crippen LogP) is 3.69. The molecule has 4 nitrogen and oxygen atoms in total. The van der Waals surface area contributed by atoms with E-state index in [0.29, 0.717) is 34.4 Å². The molecular formula is C16H14Cl2FN3O. The van der Waals surface area contributed by atoms with Gasteiger partial charge in [0.05, 0.1) is 11.4 Å². The number of amides is 1. The number of halogens is 3. The molecule has 1 aromatic carbocycles. The standard InChI is InChI=1S/C16H14Cl2FN3O/c1-8(17)16(23)21-12-5-6-14(18)22-15(12)13-7-9-10(19)3-2-4-11(9)20-13/h2-5,7-8,14,20H,6H2,1H3,(H,21,23). The van der Waals surface area contributed by atoms with Gasteiger partial charge in [-0.05, 0) is 25.1 Å². The quantitative estimate of drug-likeness (QED) is 0.641. The van der Waals surface area contributed by atoms with Gasteiger partial charge >= 0.3 is 0 Å². The van der Waals surface area contributed by atoms with Crippen LogP contribution in [-0.4, -0.2) is 27.5 Å². The van der Waals surface area contributed by atoms with Gasteiger partial charge in [-0.1, -0.05) is 23.7 Å². The SMILES string of the molecule is CC(Cl)C(=O)NC1=CCC(Cl)N=C1c1cc2c(F)cccc2[nH]1. The average molecular weight is 354 g/mol. The van der Waals surface area contributed by atoms with Crippen LogP contribution < -0.4 is 5.32 Å². The molecule has 0 saturated carbocycles. The number of hydrogen-bond acceptors (Lipinski definition) is 2. The number of benzene rings is 1. The molecule has 0 fully saturated rings. The van der Waals surface area contributed by atoms with E-state index in [2.05, 4.69) is 15.3 Å². The summed E-state index contributed by atoms with van der Waals surface area (Å²) in [7, 11) is 0. The van der Waals surface area contributed by atoms with Crippen molar-refractivity contribution in [2.75, 3.05) is 0 Å². The Morgan fingerprint density at radius 2 is 2.30 bits per heavy atom. The first-order valence-electron chi connectivity index (χ1n) is 7.10. The van der Waals surface area contributed by atoms with Crippen LogP contribution in [0.3, 0.4) is 0 Å². The maximum Gasteiger partial charge on any atom is 0.242 e. The smallest absolute Gasteiger partial charge is 0.242 e. The number of carbonyl (C=O) groups is 1. The third-order valence-corrected chi connectivity index (χ3v) is 4.00. The number of hydrogen-bond donors (Lipinski definition) is 2. The molecule has 2 heterocycles. The largest absolute Gasteiger partial charge is 0.353 e. The molecule has 2 unspecified atom stereocenters. The van der Waals surface area contributed by atoms with Gasteiger partial charge in [0, 0.05) is 17.3 Å². The van der Waals surface area contributed by atoms with Crippen LogP contribution in [0, 0.1) is 5.82 Å². The third kappa shape index (κ3) is 3.26. The second kappa shape index (κ2) is 6.34. The Labute approximate surface area is 142 Å². The van der Waals surface area contributed by atoms with Gasteiger partial charge in [-0.3, -0.25) is 9.79 Å². The van der Waals surface area contributed by atoms with Gasteiger partial charge in [0.2, 0.25) is 5.91 Å². The second-order valence-corrected chi connectivity index (χ2v) is 6.41. The molecule has 3 rings (SSSR count). The number of aromatic nitrogens is 1. The summed E-state index contributed by atoms with van der Waals surface area (Å²) in [4.78, 5) is 19.3. The molecule has 120 valence electrons. The van der Waals surface area contributed by atoms with E-state index in [1.807, 2.05) is 0 Å². The van der Waals surface area contributed by atoms with Gasteiger partial charge < -0.3 is 10.3 Å². The van der Waals surface area contributed by atoms with E-state index in [9.17, 15) is 9.18 Å². The zero-order valence-corrected chi connectivity index (χ0v) is 13.7. The van der Waals surface area contributed by atoms with Crippen molar-refractivity contribution in [2.45, 2.75) is 24.2 Å².